The van der Waals surface area contributed by atoms with Gasteiger partial charge in [0.2, 0.25) is 10.9 Å². The van der Waals surface area contributed by atoms with Crippen LogP contribution in [0.1, 0.15) is 49.9 Å². The number of anilines is 2. The molecule has 158 valence electrons. The van der Waals surface area contributed by atoms with Gasteiger partial charge in [0.25, 0.3) is 0 Å². The maximum atomic E-state index is 12.5. The molecule has 0 bridgehead atoms. The van der Waals surface area contributed by atoms with E-state index >= 15 is 0 Å². The van der Waals surface area contributed by atoms with Crippen molar-refractivity contribution < 1.29 is 17.9 Å². The van der Waals surface area contributed by atoms with E-state index in [1.165, 1.54) is 17.8 Å². The number of carbonyl (C=O) groups excluding carboxylic acids is 1. The highest BCUT2D eigenvalue weighted by molar-refractivity contribution is 7.99. The summed E-state index contributed by atoms with van der Waals surface area (Å²) in [6.07, 6.45) is 3.68. The third kappa shape index (κ3) is 7.62. The molecule has 2 rings (SSSR count). The van der Waals surface area contributed by atoms with Crippen LogP contribution in [0.4, 0.5) is 11.4 Å². The normalized spacial score (nSPS) is 10.7. The van der Waals surface area contributed by atoms with Crippen LogP contribution in [0.3, 0.4) is 0 Å². The van der Waals surface area contributed by atoms with E-state index in [0.717, 1.165) is 42.0 Å². The molecule has 0 fully saturated rings. The topological polar surface area (TPSA) is 84.5 Å². The Morgan fingerprint density at radius 2 is 1.72 bits per heavy atom. The molecule has 2 aromatic carbocycles. The number of nitrogens with one attached hydrogen (secondary N) is 2. The lowest BCUT2D eigenvalue weighted by atomic mass is 10.1. The number of ether oxygens (including phenoxy) is 1. The molecule has 0 amide bonds. The van der Waals surface area contributed by atoms with Crippen LogP contribution in [0.2, 0.25) is 0 Å². The van der Waals surface area contributed by atoms with E-state index in [1.807, 2.05) is 37.3 Å². The molecule has 0 saturated carbocycles. The summed E-state index contributed by atoms with van der Waals surface area (Å²) in [7, 11) is -2.88. The monoisotopic (exact) mass is 436 g/mol. The van der Waals surface area contributed by atoms with E-state index in [-0.39, 0.29) is 0 Å². The molecular formula is C21H28N2O4S2. The quantitative estimate of drug-likeness (QED) is 0.248. The average molecular weight is 437 g/mol. The SMILES string of the molecule is CCCCNc1cc(C(=O)OCCCC)cc(N[SH](=O)=O)c1Sc1ccccc1. The Morgan fingerprint density at radius 3 is 2.38 bits per heavy atom. The first-order chi connectivity index (χ1) is 14.0. The van der Waals surface area contributed by atoms with Gasteiger partial charge in [-0.25, -0.2) is 13.2 Å². The fourth-order valence-corrected chi connectivity index (χ4v) is 4.01. The molecule has 0 aromatic heterocycles. The first-order valence-electron chi connectivity index (χ1n) is 9.78. The van der Waals surface area contributed by atoms with Crippen LogP contribution in [-0.2, 0) is 15.6 Å². The Balaban J connectivity index is 2.44. The summed E-state index contributed by atoms with van der Waals surface area (Å²) < 4.78 is 30.6. The maximum Gasteiger partial charge on any atom is 0.338 e. The zero-order valence-electron chi connectivity index (χ0n) is 16.8. The van der Waals surface area contributed by atoms with Gasteiger partial charge in [0.1, 0.15) is 0 Å². The zero-order valence-corrected chi connectivity index (χ0v) is 18.5. The largest absolute Gasteiger partial charge is 0.462 e. The van der Waals surface area contributed by atoms with Crippen LogP contribution >= 0.6 is 11.8 Å². The predicted molar refractivity (Wildman–Crippen MR) is 120 cm³/mol. The minimum Gasteiger partial charge on any atom is -0.462 e. The van der Waals surface area contributed by atoms with Gasteiger partial charge in [-0.15, -0.1) is 0 Å². The Morgan fingerprint density at radius 1 is 1.03 bits per heavy atom. The summed E-state index contributed by atoms with van der Waals surface area (Å²) in [6.45, 7) is 5.17. The van der Waals surface area contributed by atoms with Crippen LogP contribution in [-0.4, -0.2) is 27.5 Å². The molecule has 2 N–H and O–H groups in total. The van der Waals surface area contributed by atoms with Crippen molar-refractivity contribution in [1.29, 1.82) is 0 Å². The molecule has 0 aliphatic heterocycles. The van der Waals surface area contributed by atoms with Crippen LogP contribution in [0.5, 0.6) is 0 Å². The maximum absolute atomic E-state index is 12.5. The first kappa shape index (κ1) is 23.1. The Labute approximate surface area is 178 Å². The minimum atomic E-state index is -2.88. The summed E-state index contributed by atoms with van der Waals surface area (Å²) >= 11 is 1.44. The summed E-state index contributed by atoms with van der Waals surface area (Å²) in [5.41, 5.74) is 1.38. The second kappa shape index (κ2) is 12.4. The van der Waals surface area contributed by atoms with E-state index in [2.05, 4.69) is 17.0 Å². The van der Waals surface area contributed by atoms with Crippen molar-refractivity contribution in [2.24, 2.45) is 0 Å². The highest BCUT2D eigenvalue weighted by Crippen LogP contribution is 2.40. The van der Waals surface area contributed by atoms with Crippen LogP contribution in [0, 0.1) is 0 Å². The predicted octanol–water partition coefficient (Wildman–Crippen LogP) is 4.95. The molecule has 0 aliphatic rings. The Bertz CT molecular complexity index is 862. The Kier molecular flexibility index (Phi) is 9.87. The van der Waals surface area contributed by atoms with Crippen molar-refractivity contribution in [2.75, 3.05) is 23.2 Å². The summed E-state index contributed by atoms with van der Waals surface area (Å²) in [4.78, 5) is 14.2. The lowest BCUT2D eigenvalue weighted by molar-refractivity contribution is 0.0499. The number of esters is 1. The lowest BCUT2D eigenvalue weighted by Crippen LogP contribution is -2.11. The molecule has 8 heteroatoms. The number of benzene rings is 2. The fraction of sp³-hybridized carbons (Fsp3) is 0.381. The number of hydrogen-bond donors (Lipinski definition) is 3. The third-order valence-electron chi connectivity index (χ3n) is 4.08. The molecule has 0 unspecified atom stereocenters. The molecule has 0 aliphatic carbocycles. The second-order valence-corrected chi connectivity index (χ2v) is 8.28. The average Bonchev–Trinajstić information content (AvgIpc) is 2.70. The van der Waals surface area contributed by atoms with E-state index in [9.17, 15) is 13.2 Å². The number of hydrogen-bond acceptors (Lipinski definition) is 6. The lowest BCUT2D eigenvalue weighted by Gasteiger charge is -2.17. The van der Waals surface area contributed by atoms with Crippen molar-refractivity contribution in [3.05, 3.63) is 48.0 Å². The third-order valence-corrected chi connectivity index (χ3v) is 5.65. The minimum absolute atomic E-state index is 0.317. The number of thiol groups is 1. The van der Waals surface area contributed by atoms with Gasteiger partial charge in [0.15, 0.2) is 0 Å². The highest BCUT2D eigenvalue weighted by atomic mass is 32.2. The molecule has 6 nitrogen and oxygen atoms in total. The molecule has 0 atom stereocenters. The molecule has 29 heavy (non-hydrogen) atoms. The first-order valence-corrected chi connectivity index (χ1v) is 11.8. The molecule has 2 aromatic rings. The molecule has 0 radical (unpaired) electrons. The number of rotatable bonds is 12. The molecule has 0 saturated heterocycles. The number of carbonyl (C=O) groups is 1. The van der Waals surface area contributed by atoms with Crippen molar-refractivity contribution in [3.8, 4) is 0 Å². The summed E-state index contributed by atoms with van der Waals surface area (Å²) in [5.74, 6) is -0.461. The standard InChI is InChI=1S/C21H28N2O4S2/c1-3-5-12-22-18-14-16(21(24)27-13-6-4-2)15-19(23-29(25)26)20(18)28-17-10-8-7-9-11-17/h7-11,14-15,22,29H,3-6,12-13H2,1-2H3,(H,23,25,26). The van der Waals surface area contributed by atoms with Gasteiger partial charge in [-0.1, -0.05) is 56.7 Å². The van der Waals surface area contributed by atoms with Crippen molar-refractivity contribution in [3.63, 3.8) is 0 Å². The van der Waals surface area contributed by atoms with E-state index < -0.39 is 16.9 Å². The van der Waals surface area contributed by atoms with E-state index in [1.54, 1.807) is 6.07 Å². The fourth-order valence-electron chi connectivity index (χ4n) is 2.57. The molecule has 0 heterocycles. The van der Waals surface area contributed by atoms with Gasteiger partial charge >= 0.3 is 5.97 Å². The Hall–Kier alpha value is -2.19. The van der Waals surface area contributed by atoms with Gasteiger partial charge < -0.3 is 10.1 Å². The van der Waals surface area contributed by atoms with Gasteiger partial charge in [0, 0.05) is 11.4 Å². The van der Waals surface area contributed by atoms with Crippen molar-refractivity contribution in [2.45, 2.75) is 49.3 Å². The van der Waals surface area contributed by atoms with Crippen LogP contribution < -0.4 is 10.0 Å². The highest BCUT2D eigenvalue weighted by Gasteiger charge is 2.17. The van der Waals surface area contributed by atoms with Gasteiger partial charge in [-0.3, -0.25) is 4.72 Å². The van der Waals surface area contributed by atoms with Crippen LogP contribution in [0.25, 0.3) is 0 Å². The van der Waals surface area contributed by atoms with Gasteiger partial charge in [-0.05, 0) is 37.1 Å². The second-order valence-electron chi connectivity index (χ2n) is 6.45. The van der Waals surface area contributed by atoms with Crippen LogP contribution in [0.15, 0.2) is 52.3 Å². The zero-order chi connectivity index (χ0) is 21.1. The van der Waals surface area contributed by atoms with Crippen molar-refractivity contribution in [1.82, 2.24) is 0 Å². The van der Waals surface area contributed by atoms with Crippen molar-refractivity contribution >= 4 is 40.0 Å². The smallest absolute Gasteiger partial charge is 0.338 e. The number of unbranched alkanes of at least 4 members (excludes halogenated alkanes) is 2. The van der Waals surface area contributed by atoms with Gasteiger partial charge in [0.05, 0.1) is 28.4 Å². The summed E-state index contributed by atoms with van der Waals surface area (Å²) in [5, 5.41) is 3.35. The van der Waals surface area contributed by atoms with E-state index in [4.69, 9.17) is 4.74 Å². The summed E-state index contributed by atoms with van der Waals surface area (Å²) in [6, 6.07) is 12.9. The van der Waals surface area contributed by atoms with Gasteiger partial charge in [-0.2, -0.15) is 0 Å². The van der Waals surface area contributed by atoms with E-state index in [0.29, 0.717) is 23.5 Å². The molecule has 0 spiro atoms. The molecular weight excluding hydrogens is 408 g/mol.